The quantitative estimate of drug-likeness (QED) is 0.561. The molecule has 0 bridgehead atoms. The summed E-state index contributed by atoms with van der Waals surface area (Å²) in [5.74, 6) is 7.67. The van der Waals surface area contributed by atoms with Crippen molar-refractivity contribution in [3.05, 3.63) is 10.4 Å². The van der Waals surface area contributed by atoms with Crippen LogP contribution in [-0.4, -0.2) is 55.0 Å². The predicted octanol–water partition coefficient (Wildman–Crippen LogP) is -0.952. The molecule has 0 amide bonds. The number of nitrogens with zero attached hydrogens (tertiary/aromatic N) is 5. The Morgan fingerprint density at radius 1 is 1.33 bits per heavy atom. The lowest BCUT2D eigenvalue weighted by molar-refractivity contribution is -0.646. The molecule has 128 valence electrons. The van der Waals surface area contributed by atoms with Gasteiger partial charge in [-0.15, -0.1) is 11.0 Å². The van der Waals surface area contributed by atoms with Crippen LogP contribution in [0.5, 0.6) is 0 Å². The van der Waals surface area contributed by atoms with E-state index in [0.717, 1.165) is 43.5 Å². The molecule has 1 saturated heterocycles. The maximum absolute atomic E-state index is 12.7. The van der Waals surface area contributed by atoms with E-state index in [1.807, 2.05) is 30.5 Å². The Labute approximate surface area is 141 Å². The standard InChI is InChI=1S/C16H23N7O/c1-5-6-9-23-13-12(14(20(2)3)19-21(4)15(13)24)18-16(23)22-10-7-17-8-11-22/h17H,7-11H2,1-4H3/p+1. The molecule has 0 radical (unpaired) electrons. The number of nitrogens with one attached hydrogen (secondary N) is 2. The Morgan fingerprint density at radius 3 is 2.67 bits per heavy atom. The van der Waals surface area contributed by atoms with Gasteiger partial charge in [0.05, 0.1) is 13.1 Å². The van der Waals surface area contributed by atoms with Gasteiger partial charge in [0.1, 0.15) is 6.54 Å². The molecule has 1 aliphatic rings. The third kappa shape index (κ3) is 2.71. The smallest absolute Gasteiger partial charge is 0.358 e. The molecule has 0 atom stereocenters. The molecule has 0 saturated carbocycles. The Bertz CT molecular complexity index is 862. The summed E-state index contributed by atoms with van der Waals surface area (Å²) in [4.78, 5) is 20.4. The Hall–Kier alpha value is -2.53. The van der Waals surface area contributed by atoms with Crippen molar-refractivity contribution in [3.63, 3.8) is 0 Å². The van der Waals surface area contributed by atoms with E-state index < -0.39 is 0 Å². The number of hydrogen-bond donors (Lipinski definition) is 2. The van der Waals surface area contributed by atoms with Crippen LogP contribution in [0.3, 0.4) is 0 Å². The summed E-state index contributed by atoms with van der Waals surface area (Å²) in [5.41, 5.74) is 1.26. The van der Waals surface area contributed by atoms with Crippen LogP contribution in [0, 0.1) is 11.8 Å². The molecule has 0 spiro atoms. The van der Waals surface area contributed by atoms with Crippen LogP contribution in [0.4, 0.5) is 11.8 Å². The Morgan fingerprint density at radius 2 is 2.04 bits per heavy atom. The van der Waals surface area contributed by atoms with E-state index in [1.54, 1.807) is 7.05 Å². The van der Waals surface area contributed by atoms with Crippen molar-refractivity contribution < 1.29 is 4.57 Å². The first kappa shape index (κ1) is 16.3. The van der Waals surface area contributed by atoms with E-state index in [-0.39, 0.29) is 5.56 Å². The largest absolute Gasteiger partial charge is 0.359 e. The van der Waals surface area contributed by atoms with Gasteiger partial charge in [-0.25, -0.2) is 14.2 Å². The van der Waals surface area contributed by atoms with Crippen LogP contribution >= 0.6 is 0 Å². The summed E-state index contributed by atoms with van der Waals surface area (Å²) < 4.78 is 3.37. The SMILES string of the molecule is CC#CC[n+]1c(N2CCNCC2)[nH]c2c(N(C)C)nn(C)c(=O)c21. The van der Waals surface area contributed by atoms with E-state index in [1.165, 1.54) is 4.68 Å². The van der Waals surface area contributed by atoms with Crippen molar-refractivity contribution >= 4 is 22.8 Å². The van der Waals surface area contributed by atoms with Crippen molar-refractivity contribution in [1.82, 2.24) is 20.1 Å². The zero-order chi connectivity index (χ0) is 17.3. The summed E-state index contributed by atoms with van der Waals surface area (Å²) in [5, 5.41) is 7.75. The van der Waals surface area contributed by atoms with Crippen molar-refractivity contribution in [2.24, 2.45) is 7.05 Å². The molecule has 0 aliphatic carbocycles. The molecule has 2 aromatic rings. The number of H-pyrrole nitrogens is 1. The van der Waals surface area contributed by atoms with Crippen LogP contribution in [0.25, 0.3) is 11.0 Å². The van der Waals surface area contributed by atoms with Crippen LogP contribution in [0.1, 0.15) is 6.92 Å². The summed E-state index contributed by atoms with van der Waals surface area (Å²) in [6.07, 6.45) is 0. The molecule has 8 heteroatoms. The van der Waals surface area contributed by atoms with E-state index in [9.17, 15) is 4.79 Å². The number of piperazine rings is 1. The molecule has 2 N–H and O–H groups in total. The molecule has 3 rings (SSSR count). The molecule has 3 heterocycles. The minimum atomic E-state index is -0.119. The lowest BCUT2D eigenvalue weighted by Gasteiger charge is -2.22. The normalized spacial score (nSPS) is 14.6. The molecule has 8 nitrogen and oxygen atoms in total. The number of aromatic nitrogens is 4. The van der Waals surface area contributed by atoms with Gasteiger partial charge in [-0.05, 0) is 6.92 Å². The number of imidazole rings is 1. The first-order valence-electron chi connectivity index (χ1n) is 8.10. The van der Waals surface area contributed by atoms with Crippen LogP contribution in [0.15, 0.2) is 4.79 Å². The average Bonchev–Trinajstić information content (AvgIpc) is 2.96. The second-order valence-electron chi connectivity index (χ2n) is 6.07. The molecular formula is C16H24N7O+. The average molecular weight is 330 g/mol. The molecule has 0 aromatic carbocycles. The fraction of sp³-hybridized carbons (Fsp3) is 0.562. The van der Waals surface area contributed by atoms with Gasteiger partial charge in [-0.2, -0.15) is 0 Å². The second kappa shape index (κ2) is 6.53. The van der Waals surface area contributed by atoms with Crippen molar-refractivity contribution in [2.75, 3.05) is 50.1 Å². The number of aryl methyl sites for hydroxylation is 1. The van der Waals surface area contributed by atoms with Gasteiger partial charge >= 0.3 is 11.5 Å². The van der Waals surface area contributed by atoms with E-state index in [4.69, 9.17) is 0 Å². The highest BCUT2D eigenvalue weighted by atomic mass is 16.1. The van der Waals surface area contributed by atoms with Crippen LogP contribution < -0.4 is 25.2 Å². The third-order valence-electron chi connectivity index (χ3n) is 4.22. The van der Waals surface area contributed by atoms with Gasteiger partial charge < -0.3 is 10.2 Å². The minimum absolute atomic E-state index is 0.119. The van der Waals surface area contributed by atoms with E-state index >= 15 is 0 Å². The molecular weight excluding hydrogens is 306 g/mol. The van der Waals surface area contributed by atoms with Gasteiger partial charge in [-0.3, -0.25) is 9.69 Å². The highest BCUT2D eigenvalue weighted by Crippen LogP contribution is 2.20. The molecule has 1 fully saturated rings. The summed E-state index contributed by atoms with van der Waals surface area (Å²) >= 11 is 0. The van der Waals surface area contributed by atoms with Gasteiger partial charge in [-0.1, -0.05) is 5.92 Å². The van der Waals surface area contributed by atoms with E-state index in [2.05, 4.69) is 32.1 Å². The minimum Gasteiger partial charge on any atom is -0.358 e. The number of aromatic amines is 1. The zero-order valence-electron chi connectivity index (χ0n) is 14.7. The monoisotopic (exact) mass is 330 g/mol. The van der Waals surface area contributed by atoms with Crippen LogP contribution in [0.2, 0.25) is 0 Å². The first-order valence-corrected chi connectivity index (χ1v) is 8.10. The summed E-state index contributed by atoms with van der Waals surface area (Å²) in [6, 6.07) is 0. The van der Waals surface area contributed by atoms with Gasteiger partial charge in [0.25, 0.3) is 0 Å². The fourth-order valence-electron chi connectivity index (χ4n) is 3.01. The molecule has 0 unspecified atom stereocenters. The second-order valence-corrected chi connectivity index (χ2v) is 6.07. The molecule has 1 aliphatic heterocycles. The number of anilines is 2. The lowest BCUT2D eigenvalue weighted by atomic mass is 10.4. The lowest BCUT2D eigenvalue weighted by Crippen LogP contribution is -2.50. The Balaban J connectivity index is 2.29. The van der Waals surface area contributed by atoms with E-state index in [0.29, 0.717) is 12.1 Å². The predicted molar refractivity (Wildman–Crippen MR) is 94.4 cm³/mol. The Kier molecular flexibility index (Phi) is 4.44. The number of fused-ring (bicyclic) bond motifs is 1. The molecule has 2 aromatic heterocycles. The highest BCUT2D eigenvalue weighted by Gasteiger charge is 2.29. The fourth-order valence-corrected chi connectivity index (χ4v) is 3.01. The highest BCUT2D eigenvalue weighted by molar-refractivity contribution is 5.84. The topological polar surface area (TPSA) is 73.1 Å². The van der Waals surface area contributed by atoms with Crippen molar-refractivity contribution in [3.8, 4) is 11.8 Å². The van der Waals surface area contributed by atoms with Crippen LogP contribution in [-0.2, 0) is 13.6 Å². The maximum Gasteiger partial charge on any atom is 0.359 e. The zero-order valence-corrected chi connectivity index (χ0v) is 14.7. The maximum atomic E-state index is 12.7. The summed E-state index contributed by atoms with van der Waals surface area (Å²) in [6.45, 7) is 5.90. The molecule has 24 heavy (non-hydrogen) atoms. The van der Waals surface area contributed by atoms with Crippen molar-refractivity contribution in [2.45, 2.75) is 13.5 Å². The number of rotatable bonds is 3. The van der Waals surface area contributed by atoms with Gasteiger partial charge in [0.15, 0.2) is 11.3 Å². The third-order valence-corrected chi connectivity index (χ3v) is 4.22. The van der Waals surface area contributed by atoms with Gasteiger partial charge in [0, 0.05) is 34.2 Å². The van der Waals surface area contributed by atoms with Gasteiger partial charge in [0.2, 0.25) is 5.52 Å². The van der Waals surface area contributed by atoms with Crippen molar-refractivity contribution in [1.29, 1.82) is 0 Å². The summed E-state index contributed by atoms with van der Waals surface area (Å²) in [7, 11) is 5.53. The number of hydrogen-bond acceptors (Lipinski definition) is 5. The first-order chi connectivity index (χ1) is 11.5.